The summed E-state index contributed by atoms with van der Waals surface area (Å²) >= 11 is 0. The molecule has 0 radical (unpaired) electrons. The van der Waals surface area contributed by atoms with Crippen LogP contribution in [0.2, 0.25) is 0 Å². The minimum Gasteiger partial charge on any atom is -0.333 e. The first-order valence-corrected chi connectivity index (χ1v) is 33.8. The highest BCUT2D eigenvalue weighted by Crippen LogP contribution is 2.51. The zero-order valence-corrected chi connectivity index (χ0v) is 53.7. The van der Waals surface area contributed by atoms with Gasteiger partial charge in [-0.05, 0) is 171 Å². The van der Waals surface area contributed by atoms with E-state index in [4.69, 9.17) is 9.97 Å². The van der Waals surface area contributed by atoms with Gasteiger partial charge in [-0.25, -0.2) is 9.97 Å². The van der Waals surface area contributed by atoms with Gasteiger partial charge in [-0.1, -0.05) is 212 Å². The van der Waals surface area contributed by atoms with E-state index in [9.17, 15) is 13.2 Å². The number of aromatic nitrogens is 5. The van der Waals surface area contributed by atoms with E-state index >= 15 is 0 Å². The number of rotatable bonds is 9. The van der Waals surface area contributed by atoms with Crippen LogP contribution in [0.15, 0.2) is 334 Å². The molecule has 0 bridgehead atoms. The van der Waals surface area contributed by atoms with E-state index in [1.165, 1.54) is 27.1 Å². The van der Waals surface area contributed by atoms with Gasteiger partial charge in [-0.2, -0.15) is 13.2 Å². The van der Waals surface area contributed by atoms with Crippen LogP contribution >= 0.6 is 0 Å². The molecule has 5 heterocycles. The Morgan fingerprint density at radius 2 is 0.820 bits per heavy atom. The summed E-state index contributed by atoms with van der Waals surface area (Å²) < 4.78 is 49.0. The molecule has 0 saturated carbocycles. The van der Waals surface area contributed by atoms with E-state index in [-0.39, 0.29) is 12.0 Å². The minimum absolute atomic E-state index is 0.0519. The fourth-order valence-corrected chi connectivity index (χ4v) is 16.2. The summed E-state index contributed by atoms with van der Waals surface area (Å²) in [6.45, 7) is 0. The van der Waals surface area contributed by atoms with Crippen LogP contribution in [0.25, 0.3) is 160 Å². The molecule has 9 heteroatoms. The number of hydrogen-bond acceptors (Lipinski definition) is 3. The van der Waals surface area contributed by atoms with Crippen molar-refractivity contribution in [1.82, 2.24) is 23.7 Å². The second-order valence-electron chi connectivity index (χ2n) is 26.3. The van der Waals surface area contributed by atoms with Gasteiger partial charge in [0.15, 0.2) is 5.82 Å². The number of para-hydroxylation sites is 5. The smallest absolute Gasteiger partial charge is 0.333 e. The summed E-state index contributed by atoms with van der Waals surface area (Å²) in [7, 11) is 0. The lowest BCUT2D eigenvalue weighted by Crippen LogP contribution is -2.28. The molecule has 0 saturated heterocycles. The van der Waals surface area contributed by atoms with Crippen LogP contribution in [0.1, 0.15) is 17.0 Å². The zero-order valence-electron chi connectivity index (χ0n) is 53.7. The van der Waals surface area contributed by atoms with Gasteiger partial charge in [0.2, 0.25) is 0 Å². The highest BCUT2D eigenvalue weighted by molar-refractivity contribution is 6.15. The molecule has 14 aromatic carbocycles. The molecule has 1 aliphatic carbocycles. The lowest BCUT2D eigenvalue weighted by atomic mass is 9.90. The van der Waals surface area contributed by atoms with Crippen molar-refractivity contribution >= 4 is 98.5 Å². The number of allylic oxidation sites excluding steroid dienone is 2. The van der Waals surface area contributed by atoms with Crippen LogP contribution in [-0.4, -0.2) is 29.7 Å². The maximum atomic E-state index is 13.9. The van der Waals surface area contributed by atoms with Crippen LogP contribution in [-0.2, 0) is 6.18 Å². The molecular weight excluding hydrogens is 1230 g/mol. The van der Waals surface area contributed by atoms with Crippen molar-refractivity contribution in [3.8, 4) is 73.1 Å². The van der Waals surface area contributed by atoms with Crippen molar-refractivity contribution in [2.45, 2.75) is 18.1 Å². The lowest BCUT2D eigenvalue weighted by Gasteiger charge is -2.30. The standard InChI is InChI=1S/C91H57F3N6/c92-91(93,94)65-41-34-56(35-42-65)58-19-17-20-63(48-58)89-88-70-25-8-7-18-57(70)38-45-79(88)95-90(96-89)64-49-68(99-80-30-13-9-26-71(80)75-43-36-61(53-86(75)99)59-39-46-84-77(51-59)73-28-11-15-32-82(73)97(84)66-21-3-1-4-22-66)55-69(50-64)100-81-31-14-10-27-72(81)76-44-37-62(54-87(76)100)60-40-47-85-78(52-60)74-29-12-16-33-83(74)98(85)67-23-5-2-6-24-67/h1-55,71,80H. The normalized spacial score (nSPS) is 14.4. The summed E-state index contributed by atoms with van der Waals surface area (Å²) in [5.41, 5.74) is 21.4. The number of halogens is 3. The van der Waals surface area contributed by atoms with Gasteiger partial charge in [0.25, 0.3) is 0 Å². The molecule has 2 atom stereocenters. The van der Waals surface area contributed by atoms with Crippen LogP contribution < -0.4 is 4.90 Å². The van der Waals surface area contributed by atoms with Crippen molar-refractivity contribution in [3.05, 3.63) is 345 Å². The molecule has 4 aromatic heterocycles. The molecule has 0 amide bonds. The SMILES string of the molecule is FC(F)(F)c1ccc(-c2cccc(-c3nc(-c4cc(N5c6cc(-c7ccc8c(c7)c7ccccc7n8-c7ccccc7)ccc6C6C=CC=CC65)cc(-n5c6ccccc6c6ccc(-c7ccc8c(c7)c7ccccc7n8-c7ccccc7)cc65)c4)nc4ccc5ccccc5c34)c2)cc1. The average molecular weight is 1290 g/mol. The second-order valence-corrected chi connectivity index (χ2v) is 26.3. The van der Waals surface area contributed by atoms with Crippen LogP contribution in [0.5, 0.6) is 0 Å². The third-order valence-electron chi connectivity index (χ3n) is 20.7. The van der Waals surface area contributed by atoms with Crippen molar-refractivity contribution < 1.29 is 13.2 Å². The quantitative estimate of drug-likeness (QED) is 0.135. The fraction of sp³-hybridized carbons (Fsp3) is 0.0330. The van der Waals surface area contributed by atoms with Gasteiger partial charge in [0.05, 0.1) is 55.9 Å². The van der Waals surface area contributed by atoms with E-state index in [1.54, 1.807) is 12.1 Å². The molecule has 0 N–H and O–H groups in total. The van der Waals surface area contributed by atoms with Crippen LogP contribution in [0, 0.1) is 0 Å². The summed E-state index contributed by atoms with van der Waals surface area (Å²) in [5, 5.41) is 9.91. The predicted molar refractivity (Wildman–Crippen MR) is 406 cm³/mol. The molecule has 6 nitrogen and oxygen atoms in total. The van der Waals surface area contributed by atoms with Gasteiger partial charge < -0.3 is 18.6 Å². The zero-order chi connectivity index (χ0) is 66.3. The van der Waals surface area contributed by atoms with E-state index in [0.29, 0.717) is 17.1 Å². The topological polar surface area (TPSA) is 43.8 Å². The maximum Gasteiger partial charge on any atom is 0.416 e. The Hall–Kier alpha value is -12.9. The molecule has 472 valence electrons. The van der Waals surface area contributed by atoms with Crippen molar-refractivity contribution in [2.24, 2.45) is 0 Å². The van der Waals surface area contributed by atoms with Gasteiger partial charge in [-0.15, -0.1) is 0 Å². The predicted octanol–water partition coefficient (Wildman–Crippen LogP) is 24.2. The van der Waals surface area contributed by atoms with E-state index in [1.807, 2.05) is 36.4 Å². The van der Waals surface area contributed by atoms with Gasteiger partial charge in [0.1, 0.15) is 0 Å². The van der Waals surface area contributed by atoms with Crippen molar-refractivity contribution in [2.75, 3.05) is 4.90 Å². The van der Waals surface area contributed by atoms with Crippen LogP contribution in [0.3, 0.4) is 0 Å². The average Bonchev–Trinajstić information content (AvgIpc) is 1.46. The number of alkyl halides is 3. The van der Waals surface area contributed by atoms with Crippen LogP contribution in [0.4, 0.5) is 24.5 Å². The molecule has 100 heavy (non-hydrogen) atoms. The Bertz CT molecular complexity index is 6470. The molecule has 2 unspecified atom stereocenters. The Morgan fingerprint density at radius 3 is 1.49 bits per heavy atom. The number of anilines is 2. The number of benzene rings is 14. The minimum atomic E-state index is -4.46. The molecular formula is C91H57F3N6. The lowest BCUT2D eigenvalue weighted by molar-refractivity contribution is -0.137. The highest BCUT2D eigenvalue weighted by atomic mass is 19.4. The first-order chi connectivity index (χ1) is 49.2. The maximum absolute atomic E-state index is 13.9. The van der Waals surface area contributed by atoms with E-state index < -0.39 is 11.7 Å². The molecule has 1 aliphatic heterocycles. The molecule has 0 fully saturated rings. The molecule has 2 aliphatic rings. The van der Waals surface area contributed by atoms with Crippen molar-refractivity contribution in [1.29, 1.82) is 0 Å². The highest BCUT2D eigenvalue weighted by Gasteiger charge is 2.39. The third kappa shape index (κ3) is 9.12. The molecule has 20 rings (SSSR count). The summed E-state index contributed by atoms with van der Waals surface area (Å²) in [6, 6.07) is 108. The Morgan fingerprint density at radius 1 is 0.310 bits per heavy atom. The van der Waals surface area contributed by atoms with Gasteiger partial charge in [-0.3, -0.25) is 0 Å². The van der Waals surface area contributed by atoms with Gasteiger partial charge >= 0.3 is 6.18 Å². The second kappa shape index (κ2) is 22.4. The summed E-state index contributed by atoms with van der Waals surface area (Å²) in [4.78, 5) is 13.9. The fourth-order valence-electron chi connectivity index (χ4n) is 16.2. The Labute approximate surface area is 573 Å². The summed E-state index contributed by atoms with van der Waals surface area (Å²) in [6.07, 6.45) is 4.57. The molecule has 18 aromatic rings. The number of nitrogens with zero attached hydrogens (tertiary/aromatic N) is 6. The van der Waals surface area contributed by atoms with Crippen molar-refractivity contribution in [3.63, 3.8) is 0 Å². The largest absolute Gasteiger partial charge is 0.416 e. The number of fused-ring (bicyclic) bond motifs is 15. The first kappa shape index (κ1) is 57.4. The van der Waals surface area contributed by atoms with E-state index in [2.05, 4.69) is 292 Å². The first-order valence-electron chi connectivity index (χ1n) is 33.8. The van der Waals surface area contributed by atoms with Gasteiger partial charge in [0, 0.05) is 83.2 Å². The van der Waals surface area contributed by atoms with E-state index in [0.717, 1.165) is 145 Å². The number of hydrogen-bond donors (Lipinski definition) is 0. The third-order valence-corrected chi connectivity index (χ3v) is 20.7. The molecule has 0 spiro atoms. The Balaban J connectivity index is 0.811. The monoisotopic (exact) mass is 1290 g/mol. The Kier molecular flexibility index (Phi) is 12.8. The summed E-state index contributed by atoms with van der Waals surface area (Å²) in [5.74, 6) is 0.577.